The number of anilines is 1. The molecule has 1 aromatic carbocycles. The van der Waals surface area contributed by atoms with Gasteiger partial charge >= 0.3 is 5.97 Å². The van der Waals surface area contributed by atoms with Crippen molar-refractivity contribution in [2.24, 2.45) is 0 Å². The summed E-state index contributed by atoms with van der Waals surface area (Å²) in [7, 11) is 1.28. The molecule has 0 atom stereocenters. The maximum absolute atomic E-state index is 11.3. The lowest BCUT2D eigenvalue weighted by atomic mass is 10.2. The summed E-state index contributed by atoms with van der Waals surface area (Å²) in [6.07, 6.45) is 1.45. The minimum Gasteiger partial charge on any atom is -0.491 e. The normalized spacial score (nSPS) is 10.6. The number of aromatic nitrogens is 3. The Bertz CT molecular complexity index is 622. The highest BCUT2D eigenvalue weighted by Gasteiger charge is 2.12. The van der Waals surface area contributed by atoms with Gasteiger partial charge in [-0.1, -0.05) is 0 Å². The van der Waals surface area contributed by atoms with Crippen molar-refractivity contribution >= 4 is 11.7 Å². The average molecular weight is 276 g/mol. The summed E-state index contributed by atoms with van der Waals surface area (Å²) in [5.41, 5.74) is 7.02. The van der Waals surface area contributed by atoms with E-state index in [1.54, 1.807) is 18.2 Å². The molecule has 2 N–H and O–H groups in total. The molecule has 0 spiro atoms. The summed E-state index contributed by atoms with van der Waals surface area (Å²) in [4.78, 5) is 15.2. The van der Waals surface area contributed by atoms with Crippen molar-refractivity contribution in [3.63, 3.8) is 0 Å². The molecule has 0 amide bonds. The van der Waals surface area contributed by atoms with Crippen LogP contribution in [0.15, 0.2) is 24.5 Å². The van der Waals surface area contributed by atoms with Crippen LogP contribution in [0.1, 0.15) is 24.5 Å². The lowest BCUT2D eigenvalue weighted by molar-refractivity contribution is 0.0587. The Hall–Kier alpha value is -2.57. The first kappa shape index (κ1) is 13.9. The number of hydrogen-bond acceptors (Lipinski definition) is 6. The van der Waals surface area contributed by atoms with Crippen LogP contribution in [0.25, 0.3) is 5.69 Å². The number of carbonyl (C=O) groups is 1. The van der Waals surface area contributed by atoms with Gasteiger partial charge in [0.05, 0.1) is 18.9 Å². The van der Waals surface area contributed by atoms with E-state index in [1.165, 1.54) is 18.1 Å². The largest absolute Gasteiger partial charge is 0.491 e. The Labute approximate surface area is 116 Å². The van der Waals surface area contributed by atoms with Gasteiger partial charge in [-0.05, 0) is 19.9 Å². The van der Waals surface area contributed by atoms with Crippen LogP contribution in [-0.2, 0) is 4.74 Å². The van der Waals surface area contributed by atoms with E-state index < -0.39 is 5.97 Å². The highest BCUT2D eigenvalue weighted by Crippen LogP contribution is 2.22. The molecule has 0 saturated carbocycles. The van der Waals surface area contributed by atoms with Crippen molar-refractivity contribution in [1.29, 1.82) is 0 Å². The Morgan fingerprint density at radius 1 is 1.35 bits per heavy atom. The molecule has 1 heterocycles. The molecule has 0 aliphatic heterocycles. The standard InChI is InChI=1S/C13H16N4O3/c1-8(2)20-11-5-9(14)4-10(6-11)17-7-15-12(16-17)13(18)19-3/h4-8H,14H2,1-3H3. The van der Waals surface area contributed by atoms with E-state index >= 15 is 0 Å². The molecule has 106 valence electrons. The van der Waals surface area contributed by atoms with Crippen LogP contribution in [0.2, 0.25) is 0 Å². The van der Waals surface area contributed by atoms with Crippen LogP contribution in [0, 0.1) is 0 Å². The average Bonchev–Trinajstić information content (AvgIpc) is 2.85. The topological polar surface area (TPSA) is 92.3 Å². The van der Waals surface area contributed by atoms with Gasteiger partial charge in [-0.3, -0.25) is 0 Å². The third kappa shape index (κ3) is 3.05. The Kier molecular flexibility index (Phi) is 3.88. The first-order valence-electron chi connectivity index (χ1n) is 6.07. The molecule has 0 unspecified atom stereocenters. The van der Waals surface area contributed by atoms with Gasteiger partial charge in [-0.2, -0.15) is 0 Å². The van der Waals surface area contributed by atoms with Gasteiger partial charge in [-0.25, -0.2) is 14.5 Å². The Morgan fingerprint density at radius 3 is 2.75 bits per heavy atom. The third-order valence-corrected chi connectivity index (χ3v) is 2.41. The van der Waals surface area contributed by atoms with E-state index in [2.05, 4.69) is 14.8 Å². The van der Waals surface area contributed by atoms with E-state index in [0.29, 0.717) is 17.1 Å². The van der Waals surface area contributed by atoms with E-state index in [-0.39, 0.29) is 11.9 Å². The molecule has 2 aromatic rings. The number of rotatable bonds is 4. The van der Waals surface area contributed by atoms with Gasteiger partial charge in [0.15, 0.2) is 0 Å². The lowest BCUT2D eigenvalue weighted by Gasteiger charge is -2.12. The highest BCUT2D eigenvalue weighted by atomic mass is 16.5. The molecule has 1 aromatic heterocycles. The number of carbonyl (C=O) groups excluding carboxylic acids is 1. The smallest absolute Gasteiger partial charge is 0.377 e. The molecule has 7 nitrogen and oxygen atoms in total. The zero-order chi connectivity index (χ0) is 14.7. The summed E-state index contributed by atoms with van der Waals surface area (Å²) >= 11 is 0. The van der Waals surface area contributed by atoms with Crippen LogP contribution in [0.3, 0.4) is 0 Å². The lowest BCUT2D eigenvalue weighted by Crippen LogP contribution is -2.07. The summed E-state index contributed by atoms with van der Waals surface area (Å²) in [5.74, 6) is 0.0256. The van der Waals surface area contributed by atoms with E-state index in [9.17, 15) is 4.79 Å². The minimum absolute atomic E-state index is 0.0127. The third-order valence-electron chi connectivity index (χ3n) is 2.41. The summed E-state index contributed by atoms with van der Waals surface area (Å²) in [6.45, 7) is 3.85. The first-order chi connectivity index (χ1) is 9.49. The van der Waals surface area contributed by atoms with Crippen molar-refractivity contribution in [2.45, 2.75) is 20.0 Å². The van der Waals surface area contributed by atoms with Crippen molar-refractivity contribution in [2.75, 3.05) is 12.8 Å². The molecule has 0 fully saturated rings. The molecular formula is C13H16N4O3. The van der Waals surface area contributed by atoms with Gasteiger partial charge in [0.1, 0.15) is 12.1 Å². The SMILES string of the molecule is COC(=O)c1ncn(-c2cc(N)cc(OC(C)C)c2)n1. The molecular weight excluding hydrogens is 260 g/mol. The van der Waals surface area contributed by atoms with Crippen molar-refractivity contribution in [3.05, 3.63) is 30.4 Å². The van der Waals surface area contributed by atoms with Gasteiger partial charge < -0.3 is 15.2 Å². The second-order valence-electron chi connectivity index (χ2n) is 4.43. The van der Waals surface area contributed by atoms with E-state index in [1.807, 2.05) is 13.8 Å². The second-order valence-corrected chi connectivity index (χ2v) is 4.43. The van der Waals surface area contributed by atoms with Crippen LogP contribution >= 0.6 is 0 Å². The van der Waals surface area contributed by atoms with Crippen LogP contribution < -0.4 is 10.5 Å². The fraction of sp³-hybridized carbons (Fsp3) is 0.308. The highest BCUT2D eigenvalue weighted by molar-refractivity contribution is 5.84. The number of hydrogen-bond donors (Lipinski definition) is 1. The maximum Gasteiger partial charge on any atom is 0.377 e. The monoisotopic (exact) mass is 276 g/mol. The second kappa shape index (κ2) is 5.60. The van der Waals surface area contributed by atoms with Crippen LogP contribution in [0.4, 0.5) is 5.69 Å². The number of ether oxygens (including phenoxy) is 2. The molecule has 0 radical (unpaired) electrons. The molecule has 0 aliphatic carbocycles. The van der Waals surface area contributed by atoms with Gasteiger partial charge in [0, 0.05) is 17.8 Å². The van der Waals surface area contributed by atoms with Gasteiger partial charge in [-0.15, -0.1) is 5.10 Å². The Morgan fingerprint density at radius 2 is 2.10 bits per heavy atom. The van der Waals surface area contributed by atoms with E-state index in [0.717, 1.165) is 0 Å². The zero-order valence-electron chi connectivity index (χ0n) is 11.5. The molecule has 0 aliphatic rings. The number of esters is 1. The van der Waals surface area contributed by atoms with Gasteiger partial charge in [0.2, 0.25) is 0 Å². The van der Waals surface area contributed by atoms with Crippen molar-refractivity contribution < 1.29 is 14.3 Å². The number of nitrogens with zero attached hydrogens (tertiary/aromatic N) is 3. The number of benzene rings is 1. The summed E-state index contributed by atoms with van der Waals surface area (Å²) in [5, 5.41) is 4.03. The number of nitrogens with two attached hydrogens (primary N) is 1. The Balaban J connectivity index is 2.34. The van der Waals surface area contributed by atoms with Gasteiger partial charge in [0.25, 0.3) is 5.82 Å². The number of nitrogen functional groups attached to an aromatic ring is 1. The quantitative estimate of drug-likeness (QED) is 0.670. The predicted molar refractivity (Wildman–Crippen MR) is 72.9 cm³/mol. The number of methoxy groups -OCH3 is 1. The van der Waals surface area contributed by atoms with Crippen molar-refractivity contribution in [1.82, 2.24) is 14.8 Å². The van der Waals surface area contributed by atoms with Crippen LogP contribution in [-0.4, -0.2) is 33.9 Å². The molecule has 20 heavy (non-hydrogen) atoms. The van der Waals surface area contributed by atoms with Crippen LogP contribution in [0.5, 0.6) is 5.75 Å². The zero-order valence-corrected chi connectivity index (χ0v) is 11.5. The fourth-order valence-corrected chi connectivity index (χ4v) is 1.65. The molecule has 0 saturated heterocycles. The van der Waals surface area contributed by atoms with E-state index in [4.69, 9.17) is 10.5 Å². The molecule has 0 bridgehead atoms. The molecule has 2 rings (SSSR count). The van der Waals surface area contributed by atoms with Crippen molar-refractivity contribution in [3.8, 4) is 11.4 Å². The fourth-order valence-electron chi connectivity index (χ4n) is 1.65. The predicted octanol–water partition coefficient (Wildman–Crippen LogP) is 1.42. The first-order valence-corrected chi connectivity index (χ1v) is 6.07. The summed E-state index contributed by atoms with van der Waals surface area (Å²) < 4.78 is 11.6. The summed E-state index contributed by atoms with van der Waals surface area (Å²) in [6, 6.07) is 5.21. The maximum atomic E-state index is 11.3. The molecule has 7 heteroatoms. The minimum atomic E-state index is -0.591.